The number of fused-ring (bicyclic) bond motifs is 3. The Hall–Kier alpha value is -1.10. The van der Waals surface area contributed by atoms with E-state index in [4.69, 9.17) is 18.9 Å². The van der Waals surface area contributed by atoms with Crippen LogP contribution < -0.4 is 4.74 Å². The summed E-state index contributed by atoms with van der Waals surface area (Å²) in [7, 11) is 0. The van der Waals surface area contributed by atoms with Gasteiger partial charge in [-0.25, -0.2) is 0 Å². The molecule has 0 radical (unpaired) electrons. The number of ether oxygens (including phenoxy) is 4. The first-order chi connectivity index (χ1) is 8.77. The summed E-state index contributed by atoms with van der Waals surface area (Å²) >= 11 is 0. The van der Waals surface area contributed by atoms with E-state index < -0.39 is 5.97 Å². The number of aryl methyl sites for hydroxylation is 1. The van der Waals surface area contributed by atoms with Gasteiger partial charge in [-0.1, -0.05) is 18.2 Å². The van der Waals surface area contributed by atoms with Crippen molar-refractivity contribution in [3.63, 3.8) is 0 Å². The number of para-hydroxylation sites is 1. The summed E-state index contributed by atoms with van der Waals surface area (Å²) in [5.74, 6) is 0.430. The molecule has 2 bridgehead atoms. The lowest BCUT2D eigenvalue weighted by atomic mass is 10.1. The topological polar surface area (TPSA) is 36.9 Å². The third-order valence-electron chi connectivity index (χ3n) is 3.38. The van der Waals surface area contributed by atoms with Crippen LogP contribution in [0.5, 0.6) is 5.75 Å². The van der Waals surface area contributed by atoms with Gasteiger partial charge in [0.2, 0.25) is 0 Å². The average Bonchev–Trinajstić information content (AvgIpc) is 2.43. The van der Waals surface area contributed by atoms with Gasteiger partial charge in [-0.05, 0) is 18.6 Å². The highest BCUT2D eigenvalue weighted by Gasteiger charge is 2.44. The number of benzene rings is 1. The first-order valence-corrected chi connectivity index (χ1v) is 6.38. The summed E-state index contributed by atoms with van der Waals surface area (Å²) in [5.41, 5.74) is 1.13. The lowest BCUT2D eigenvalue weighted by Gasteiger charge is -2.45. The average molecular weight is 250 g/mol. The van der Waals surface area contributed by atoms with E-state index in [0.717, 1.165) is 31.1 Å². The number of hydrogen-bond donors (Lipinski definition) is 0. The Labute approximate surface area is 107 Å². The SMILES string of the molecule is Cc1ccccc1OCCC12OCC(CO1)CO2. The summed E-state index contributed by atoms with van der Waals surface area (Å²) in [6.07, 6.45) is 0.591. The van der Waals surface area contributed by atoms with Crippen molar-refractivity contribution in [3.8, 4) is 5.75 Å². The highest BCUT2D eigenvalue weighted by molar-refractivity contribution is 5.31. The summed E-state index contributed by atoms with van der Waals surface area (Å²) in [4.78, 5) is 0. The minimum atomic E-state index is -0.864. The summed E-state index contributed by atoms with van der Waals surface area (Å²) < 4.78 is 22.6. The molecule has 3 aliphatic rings. The highest BCUT2D eigenvalue weighted by atomic mass is 16.9. The molecule has 0 amide bonds. The first-order valence-electron chi connectivity index (χ1n) is 6.38. The molecule has 0 spiro atoms. The van der Waals surface area contributed by atoms with Crippen molar-refractivity contribution < 1.29 is 18.9 Å². The molecule has 3 fully saturated rings. The smallest absolute Gasteiger partial charge is 0.286 e. The first kappa shape index (κ1) is 12.0. The van der Waals surface area contributed by atoms with Gasteiger partial charge in [0, 0.05) is 5.92 Å². The second kappa shape index (κ2) is 4.88. The van der Waals surface area contributed by atoms with Crippen molar-refractivity contribution in [2.75, 3.05) is 26.4 Å². The molecule has 4 nitrogen and oxygen atoms in total. The highest BCUT2D eigenvalue weighted by Crippen LogP contribution is 2.33. The molecular weight excluding hydrogens is 232 g/mol. The van der Waals surface area contributed by atoms with Crippen molar-refractivity contribution in [3.05, 3.63) is 29.8 Å². The molecule has 0 unspecified atom stereocenters. The van der Waals surface area contributed by atoms with Crippen LogP contribution in [0.1, 0.15) is 12.0 Å². The maximum Gasteiger partial charge on any atom is 0.286 e. The maximum atomic E-state index is 5.74. The molecule has 3 heterocycles. The Morgan fingerprint density at radius 3 is 2.50 bits per heavy atom. The van der Waals surface area contributed by atoms with Crippen LogP contribution in [0.25, 0.3) is 0 Å². The Morgan fingerprint density at radius 1 is 1.17 bits per heavy atom. The van der Waals surface area contributed by atoms with E-state index in [1.807, 2.05) is 31.2 Å². The van der Waals surface area contributed by atoms with E-state index in [1.54, 1.807) is 0 Å². The van der Waals surface area contributed by atoms with Crippen LogP contribution in [-0.2, 0) is 14.2 Å². The minimum absolute atomic E-state index is 0.393. The molecule has 1 aromatic carbocycles. The fourth-order valence-electron chi connectivity index (χ4n) is 2.22. The molecule has 4 heteroatoms. The largest absolute Gasteiger partial charge is 0.493 e. The van der Waals surface area contributed by atoms with Gasteiger partial charge in [0.1, 0.15) is 5.75 Å². The van der Waals surface area contributed by atoms with Gasteiger partial charge in [0.25, 0.3) is 5.97 Å². The van der Waals surface area contributed by atoms with Crippen LogP contribution in [0.2, 0.25) is 0 Å². The van der Waals surface area contributed by atoms with Gasteiger partial charge in [0.05, 0.1) is 32.8 Å². The number of rotatable bonds is 4. The zero-order valence-corrected chi connectivity index (χ0v) is 10.6. The van der Waals surface area contributed by atoms with E-state index >= 15 is 0 Å². The van der Waals surface area contributed by atoms with Gasteiger partial charge in [0.15, 0.2) is 0 Å². The van der Waals surface area contributed by atoms with E-state index in [1.165, 1.54) is 0 Å². The molecular formula is C14H18O4. The predicted octanol–water partition coefficient (Wildman–Crippen LogP) is 2.11. The van der Waals surface area contributed by atoms with Crippen LogP contribution >= 0.6 is 0 Å². The zero-order chi connectivity index (χ0) is 12.4. The molecule has 4 rings (SSSR count). The lowest BCUT2D eigenvalue weighted by Crippen LogP contribution is -2.54. The second-order valence-corrected chi connectivity index (χ2v) is 4.85. The summed E-state index contributed by atoms with van der Waals surface area (Å²) in [6.45, 7) is 4.73. The van der Waals surface area contributed by atoms with Crippen molar-refractivity contribution in [2.24, 2.45) is 5.92 Å². The number of hydrogen-bond acceptors (Lipinski definition) is 4. The molecule has 98 valence electrons. The van der Waals surface area contributed by atoms with E-state index in [0.29, 0.717) is 18.9 Å². The summed E-state index contributed by atoms with van der Waals surface area (Å²) in [6, 6.07) is 7.96. The third kappa shape index (κ3) is 2.36. The maximum absolute atomic E-state index is 5.74. The quantitative estimate of drug-likeness (QED) is 0.820. The molecule has 3 saturated heterocycles. The molecule has 0 saturated carbocycles. The van der Waals surface area contributed by atoms with Gasteiger partial charge in [-0.15, -0.1) is 0 Å². The van der Waals surface area contributed by atoms with Crippen molar-refractivity contribution in [1.29, 1.82) is 0 Å². The zero-order valence-electron chi connectivity index (χ0n) is 10.6. The third-order valence-corrected chi connectivity index (χ3v) is 3.38. The lowest BCUT2D eigenvalue weighted by molar-refractivity contribution is -0.450. The van der Waals surface area contributed by atoms with Crippen LogP contribution in [0.3, 0.4) is 0 Å². The Morgan fingerprint density at radius 2 is 1.83 bits per heavy atom. The van der Waals surface area contributed by atoms with Gasteiger partial charge in [-0.2, -0.15) is 0 Å². The van der Waals surface area contributed by atoms with Crippen LogP contribution in [0, 0.1) is 12.8 Å². The predicted molar refractivity (Wildman–Crippen MR) is 65.4 cm³/mol. The Bertz CT molecular complexity index is 396. The normalized spacial score (nSPS) is 30.4. The standard InChI is InChI=1S/C14H18O4/c1-11-4-2-3-5-13(11)15-7-6-14-16-8-12(9-17-14)10-18-14/h2-5,12H,6-10H2,1H3. The van der Waals surface area contributed by atoms with E-state index in [2.05, 4.69) is 0 Å². The monoisotopic (exact) mass is 250 g/mol. The van der Waals surface area contributed by atoms with Gasteiger partial charge in [-0.3, -0.25) is 0 Å². The Kier molecular flexibility index (Phi) is 3.24. The van der Waals surface area contributed by atoms with Crippen molar-refractivity contribution >= 4 is 0 Å². The fraction of sp³-hybridized carbons (Fsp3) is 0.571. The van der Waals surface area contributed by atoms with E-state index in [-0.39, 0.29) is 0 Å². The van der Waals surface area contributed by atoms with Crippen LogP contribution in [-0.4, -0.2) is 32.4 Å². The van der Waals surface area contributed by atoms with Crippen molar-refractivity contribution in [2.45, 2.75) is 19.3 Å². The molecule has 1 aromatic rings. The Balaban J connectivity index is 1.54. The van der Waals surface area contributed by atoms with Gasteiger partial charge >= 0.3 is 0 Å². The molecule has 3 aliphatic heterocycles. The molecule has 0 atom stereocenters. The second-order valence-electron chi connectivity index (χ2n) is 4.85. The van der Waals surface area contributed by atoms with Gasteiger partial charge < -0.3 is 18.9 Å². The molecule has 0 aromatic heterocycles. The van der Waals surface area contributed by atoms with Crippen LogP contribution in [0.4, 0.5) is 0 Å². The molecule has 0 aliphatic carbocycles. The summed E-state index contributed by atoms with van der Waals surface area (Å²) in [5, 5.41) is 0. The van der Waals surface area contributed by atoms with Crippen LogP contribution in [0.15, 0.2) is 24.3 Å². The molecule has 0 N–H and O–H groups in total. The minimum Gasteiger partial charge on any atom is -0.493 e. The molecule has 18 heavy (non-hydrogen) atoms. The van der Waals surface area contributed by atoms with Crippen molar-refractivity contribution in [1.82, 2.24) is 0 Å². The fourth-order valence-corrected chi connectivity index (χ4v) is 2.22. The van der Waals surface area contributed by atoms with E-state index in [9.17, 15) is 0 Å².